The van der Waals surface area contributed by atoms with Crippen molar-refractivity contribution in [2.24, 2.45) is 0 Å². The Bertz CT molecular complexity index is 870. The molecular weight excluding hydrogens is 284 g/mol. The topological polar surface area (TPSA) is 90.2 Å². The van der Waals surface area contributed by atoms with Gasteiger partial charge < -0.3 is 25.2 Å². The Kier molecular flexibility index (Phi) is 3.52. The molecule has 0 radical (unpaired) electrons. The van der Waals surface area contributed by atoms with Gasteiger partial charge in [0.2, 0.25) is 0 Å². The maximum Gasteiger partial charge on any atom is 0.127 e. The molecule has 0 saturated heterocycles. The first-order valence-corrected chi connectivity index (χ1v) is 6.79. The first kappa shape index (κ1) is 14.4. The minimum absolute atomic E-state index is 0.0292. The predicted octanol–water partition coefficient (Wildman–Crippen LogP) is 2.40. The van der Waals surface area contributed by atoms with Gasteiger partial charge in [0.15, 0.2) is 0 Å². The fourth-order valence-electron chi connectivity index (χ4n) is 2.78. The van der Waals surface area contributed by atoms with Crippen molar-refractivity contribution >= 4 is 21.5 Å². The van der Waals surface area contributed by atoms with Gasteiger partial charge >= 0.3 is 0 Å². The summed E-state index contributed by atoms with van der Waals surface area (Å²) in [6.45, 7) is -0.509. The summed E-state index contributed by atoms with van der Waals surface area (Å²) in [6.07, 6.45) is 0. The molecule has 0 aromatic heterocycles. The van der Waals surface area contributed by atoms with Gasteiger partial charge in [0.1, 0.15) is 17.2 Å². The lowest BCUT2D eigenvalue weighted by molar-refractivity contribution is 0.276. The van der Waals surface area contributed by atoms with E-state index in [1.807, 2.05) is 0 Å². The van der Waals surface area contributed by atoms with Gasteiger partial charge in [-0.05, 0) is 52.1 Å². The number of phenols is 2. The van der Waals surface area contributed by atoms with Crippen molar-refractivity contribution in [3.63, 3.8) is 0 Å². The first-order chi connectivity index (χ1) is 10.6. The van der Waals surface area contributed by atoms with Gasteiger partial charge in [-0.3, -0.25) is 0 Å². The number of ether oxygens (including phenoxy) is 1. The predicted molar refractivity (Wildman–Crippen MR) is 83.2 cm³/mol. The van der Waals surface area contributed by atoms with Gasteiger partial charge in [-0.2, -0.15) is 0 Å². The Morgan fingerprint density at radius 3 is 2.09 bits per heavy atom. The molecule has 0 unspecified atom stereocenters. The molecule has 0 fully saturated rings. The smallest absolute Gasteiger partial charge is 0.127 e. The van der Waals surface area contributed by atoms with Crippen LogP contribution in [0.2, 0.25) is 0 Å². The molecule has 0 aliphatic rings. The highest BCUT2D eigenvalue weighted by molar-refractivity contribution is 6.12. The van der Waals surface area contributed by atoms with Crippen LogP contribution in [0.4, 0.5) is 0 Å². The number of methoxy groups -OCH3 is 1. The van der Waals surface area contributed by atoms with E-state index in [4.69, 9.17) is 4.74 Å². The molecule has 5 nitrogen and oxygen atoms in total. The highest BCUT2D eigenvalue weighted by atomic mass is 16.5. The van der Waals surface area contributed by atoms with E-state index in [-0.39, 0.29) is 24.7 Å². The van der Waals surface area contributed by atoms with Crippen LogP contribution in [0.1, 0.15) is 11.1 Å². The molecular formula is C17H16O5. The lowest BCUT2D eigenvalue weighted by Crippen LogP contribution is -1.93. The van der Waals surface area contributed by atoms with E-state index in [0.717, 1.165) is 5.39 Å². The van der Waals surface area contributed by atoms with E-state index in [1.54, 1.807) is 18.2 Å². The van der Waals surface area contributed by atoms with E-state index >= 15 is 0 Å². The summed E-state index contributed by atoms with van der Waals surface area (Å²) in [6, 6.07) is 8.04. The number of benzene rings is 3. The lowest BCUT2D eigenvalue weighted by Gasteiger charge is -2.14. The van der Waals surface area contributed by atoms with Crippen LogP contribution < -0.4 is 4.74 Å². The van der Waals surface area contributed by atoms with Crippen LogP contribution in [0.15, 0.2) is 30.3 Å². The molecule has 0 bridgehead atoms. The third-order valence-corrected chi connectivity index (χ3v) is 3.86. The molecule has 0 amide bonds. The molecule has 3 aromatic rings. The van der Waals surface area contributed by atoms with Crippen LogP contribution >= 0.6 is 0 Å². The zero-order valence-electron chi connectivity index (χ0n) is 12.0. The minimum atomic E-state index is -0.287. The van der Waals surface area contributed by atoms with Crippen LogP contribution in [0.25, 0.3) is 21.5 Å². The van der Waals surface area contributed by atoms with Gasteiger partial charge in [0.25, 0.3) is 0 Å². The second kappa shape index (κ2) is 5.36. The molecule has 3 aromatic carbocycles. The van der Waals surface area contributed by atoms with Gasteiger partial charge in [-0.25, -0.2) is 0 Å². The third-order valence-electron chi connectivity index (χ3n) is 3.86. The summed E-state index contributed by atoms with van der Waals surface area (Å²) < 4.78 is 5.40. The first-order valence-electron chi connectivity index (χ1n) is 6.79. The van der Waals surface area contributed by atoms with Gasteiger partial charge in [0.05, 0.1) is 20.3 Å². The molecule has 0 aliphatic carbocycles. The summed E-state index contributed by atoms with van der Waals surface area (Å²) in [4.78, 5) is 0. The van der Waals surface area contributed by atoms with Gasteiger partial charge in [-0.15, -0.1) is 0 Å². The summed E-state index contributed by atoms with van der Waals surface area (Å²) in [5, 5.41) is 41.5. The van der Waals surface area contributed by atoms with Crippen molar-refractivity contribution in [3.8, 4) is 17.2 Å². The van der Waals surface area contributed by atoms with Crippen molar-refractivity contribution in [3.05, 3.63) is 41.5 Å². The number of aliphatic hydroxyl groups excluding tert-OH is 2. The lowest BCUT2D eigenvalue weighted by atomic mass is 9.95. The van der Waals surface area contributed by atoms with Crippen molar-refractivity contribution in [1.82, 2.24) is 0 Å². The van der Waals surface area contributed by atoms with E-state index in [2.05, 4.69) is 0 Å². The van der Waals surface area contributed by atoms with Crippen molar-refractivity contribution in [2.75, 3.05) is 7.11 Å². The third kappa shape index (κ3) is 2.11. The molecule has 0 aliphatic heterocycles. The second-order valence-corrected chi connectivity index (χ2v) is 5.12. The van der Waals surface area contributed by atoms with Crippen LogP contribution in [0, 0.1) is 0 Å². The number of aromatic hydroxyl groups is 2. The van der Waals surface area contributed by atoms with Crippen LogP contribution in [0.5, 0.6) is 17.2 Å². The fraction of sp³-hybridized carbons (Fsp3) is 0.176. The molecule has 0 saturated carbocycles. The Balaban J connectivity index is 2.53. The Labute approximate surface area is 126 Å². The van der Waals surface area contributed by atoms with E-state index in [1.165, 1.54) is 19.2 Å². The van der Waals surface area contributed by atoms with Crippen LogP contribution in [0.3, 0.4) is 0 Å². The molecule has 5 heteroatoms. The molecule has 4 N–H and O–H groups in total. The van der Waals surface area contributed by atoms with Crippen LogP contribution in [-0.4, -0.2) is 27.5 Å². The summed E-state index contributed by atoms with van der Waals surface area (Å²) in [7, 11) is 1.53. The average Bonchev–Trinajstić information content (AvgIpc) is 2.53. The fourth-order valence-corrected chi connectivity index (χ4v) is 2.78. The Hall–Kier alpha value is -2.50. The van der Waals surface area contributed by atoms with Crippen molar-refractivity contribution in [2.45, 2.75) is 13.2 Å². The molecule has 0 spiro atoms. The quantitative estimate of drug-likeness (QED) is 0.558. The van der Waals surface area contributed by atoms with Crippen molar-refractivity contribution < 1.29 is 25.2 Å². The standard InChI is InChI=1S/C17H16O5/c1-22-17-6-12-9(7-18)2-11(20)4-13(12)14-5-16(21)10(8-19)3-15(14)17/h2-6,18-21H,7-8H2,1H3. The number of hydrogen-bond acceptors (Lipinski definition) is 5. The number of rotatable bonds is 3. The largest absolute Gasteiger partial charge is 0.508 e. The Morgan fingerprint density at radius 1 is 0.773 bits per heavy atom. The molecule has 22 heavy (non-hydrogen) atoms. The zero-order valence-corrected chi connectivity index (χ0v) is 12.0. The number of hydrogen-bond donors (Lipinski definition) is 4. The summed E-state index contributed by atoms with van der Waals surface area (Å²) in [5.41, 5.74) is 0.966. The Morgan fingerprint density at radius 2 is 1.45 bits per heavy atom. The highest BCUT2D eigenvalue weighted by Gasteiger charge is 2.14. The summed E-state index contributed by atoms with van der Waals surface area (Å²) >= 11 is 0. The maximum atomic E-state index is 10.0. The minimum Gasteiger partial charge on any atom is -0.508 e. The molecule has 114 valence electrons. The van der Waals surface area contributed by atoms with E-state index < -0.39 is 0 Å². The zero-order chi connectivity index (χ0) is 15.9. The maximum absolute atomic E-state index is 10.0. The average molecular weight is 300 g/mol. The summed E-state index contributed by atoms with van der Waals surface area (Å²) in [5.74, 6) is 0.574. The van der Waals surface area contributed by atoms with E-state index in [9.17, 15) is 20.4 Å². The number of phenolic OH excluding ortho intramolecular Hbond substituents is 1. The highest BCUT2D eigenvalue weighted by Crippen LogP contribution is 2.39. The number of fused-ring (bicyclic) bond motifs is 3. The van der Waals surface area contributed by atoms with E-state index in [0.29, 0.717) is 33.0 Å². The molecule has 0 heterocycles. The van der Waals surface area contributed by atoms with Gasteiger partial charge in [0, 0.05) is 10.9 Å². The molecule has 3 rings (SSSR count). The molecule has 0 atom stereocenters. The van der Waals surface area contributed by atoms with Crippen LogP contribution in [-0.2, 0) is 13.2 Å². The number of aliphatic hydroxyl groups is 2. The second-order valence-electron chi connectivity index (χ2n) is 5.12. The monoisotopic (exact) mass is 300 g/mol. The normalized spacial score (nSPS) is 11.2. The van der Waals surface area contributed by atoms with Gasteiger partial charge in [-0.1, -0.05) is 0 Å². The SMILES string of the molecule is COc1cc2c(CO)cc(O)cc2c2cc(O)c(CO)cc12. The van der Waals surface area contributed by atoms with Crippen molar-refractivity contribution in [1.29, 1.82) is 0 Å².